The van der Waals surface area contributed by atoms with E-state index < -0.39 is 0 Å². The molecule has 2 aromatic rings. The maximum absolute atomic E-state index is 5.20. The highest BCUT2D eigenvalue weighted by molar-refractivity contribution is 9.10. The second kappa shape index (κ2) is 5.44. The molecule has 18 heavy (non-hydrogen) atoms. The Bertz CT molecular complexity index is 532. The summed E-state index contributed by atoms with van der Waals surface area (Å²) in [6, 6.07) is 5.81. The Morgan fingerprint density at radius 1 is 1.39 bits per heavy atom. The molecule has 4 nitrogen and oxygen atoms in total. The number of ether oxygens (including phenoxy) is 1. The Hall–Kier alpha value is -1.49. The van der Waals surface area contributed by atoms with E-state index in [1.54, 1.807) is 7.11 Å². The van der Waals surface area contributed by atoms with Gasteiger partial charge in [0.15, 0.2) is 0 Å². The predicted octanol–water partition coefficient (Wildman–Crippen LogP) is 3.67. The summed E-state index contributed by atoms with van der Waals surface area (Å²) < 4.78 is 11.3. The Kier molecular flexibility index (Phi) is 3.91. The van der Waals surface area contributed by atoms with Gasteiger partial charge in [0.25, 0.3) is 0 Å². The van der Waals surface area contributed by atoms with Crippen LogP contribution in [0.2, 0.25) is 0 Å². The van der Waals surface area contributed by atoms with Gasteiger partial charge in [-0.3, -0.25) is 0 Å². The Morgan fingerprint density at radius 3 is 2.78 bits per heavy atom. The van der Waals surface area contributed by atoms with Crippen LogP contribution in [0.5, 0.6) is 5.75 Å². The zero-order valence-corrected chi connectivity index (χ0v) is 12.2. The van der Waals surface area contributed by atoms with Gasteiger partial charge in [-0.2, -0.15) is 0 Å². The van der Waals surface area contributed by atoms with Crippen molar-refractivity contribution >= 4 is 21.6 Å². The molecule has 0 aliphatic heterocycles. The van der Waals surface area contributed by atoms with Crippen LogP contribution >= 0.6 is 15.9 Å². The number of halogens is 1. The molecule has 2 rings (SSSR count). The van der Waals surface area contributed by atoms with Gasteiger partial charge >= 0.3 is 0 Å². The van der Waals surface area contributed by atoms with Gasteiger partial charge in [-0.1, -0.05) is 5.16 Å². The van der Waals surface area contributed by atoms with E-state index in [9.17, 15) is 0 Å². The molecule has 0 bridgehead atoms. The quantitative estimate of drug-likeness (QED) is 0.936. The topological polar surface area (TPSA) is 47.3 Å². The minimum atomic E-state index is 0.674. The van der Waals surface area contributed by atoms with Crippen LogP contribution in [0, 0.1) is 13.8 Å². The Morgan fingerprint density at radius 2 is 2.17 bits per heavy atom. The van der Waals surface area contributed by atoms with E-state index in [2.05, 4.69) is 26.4 Å². The lowest BCUT2D eigenvalue weighted by Crippen LogP contribution is -2.02. The van der Waals surface area contributed by atoms with E-state index in [1.807, 2.05) is 32.0 Å². The molecule has 0 fully saturated rings. The fourth-order valence-electron chi connectivity index (χ4n) is 1.70. The third kappa shape index (κ3) is 2.67. The first kappa shape index (κ1) is 13.0. The number of hydrogen-bond acceptors (Lipinski definition) is 4. The SMILES string of the molecule is COc1ccc(Br)c(NCc2c(C)noc2C)c1. The van der Waals surface area contributed by atoms with Crippen molar-refractivity contribution in [2.75, 3.05) is 12.4 Å². The molecule has 1 heterocycles. The maximum Gasteiger partial charge on any atom is 0.138 e. The highest BCUT2D eigenvalue weighted by atomic mass is 79.9. The summed E-state index contributed by atoms with van der Waals surface area (Å²) in [7, 11) is 1.65. The molecule has 96 valence electrons. The number of aryl methyl sites for hydroxylation is 2. The summed E-state index contributed by atoms with van der Waals surface area (Å²) in [5, 5.41) is 7.28. The van der Waals surface area contributed by atoms with E-state index in [0.29, 0.717) is 6.54 Å². The lowest BCUT2D eigenvalue weighted by Gasteiger charge is -2.10. The summed E-state index contributed by atoms with van der Waals surface area (Å²) in [6.45, 7) is 4.53. The van der Waals surface area contributed by atoms with Crippen molar-refractivity contribution in [2.45, 2.75) is 20.4 Å². The van der Waals surface area contributed by atoms with Gasteiger partial charge in [0.1, 0.15) is 11.5 Å². The molecule has 5 heteroatoms. The molecule has 0 atom stereocenters. The lowest BCUT2D eigenvalue weighted by molar-refractivity contribution is 0.392. The number of nitrogens with zero attached hydrogens (tertiary/aromatic N) is 1. The molecular weight excluding hydrogens is 296 g/mol. The smallest absolute Gasteiger partial charge is 0.138 e. The minimum absolute atomic E-state index is 0.674. The van der Waals surface area contributed by atoms with Crippen LogP contribution in [0.25, 0.3) is 0 Å². The van der Waals surface area contributed by atoms with Crippen LogP contribution in [0.4, 0.5) is 5.69 Å². The highest BCUT2D eigenvalue weighted by Gasteiger charge is 2.09. The zero-order chi connectivity index (χ0) is 13.1. The van der Waals surface area contributed by atoms with Crippen molar-refractivity contribution in [3.8, 4) is 5.75 Å². The fraction of sp³-hybridized carbons (Fsp3) is 0.308. The van der Waals surface area contributed by atoms with E-state index in [4.69, 9.17) is 9.26 Å². The molecule has 1 aromatic carbocycles. The van der Waals surface area contributed by atoms with Gasteiger partial charge in [-0.15, -0.1) is 0 Å². The number of anilines is 1. The summed E-state index contributed by atoms with van der Waals surface area (Å²) in [6.07, 6.45) is 0. The predicted molar refractivity (Wildman–Crippen MR) is 74.0 cm³/mol. The number of rotatable bonds is 4. The molecule has 1 N–H and O–H groups in total. The summed E-state index contributed by atoms with van der Waals surface area (Å²) in [5.74, 6) is 1.67. The van der Waals surface area contributed by atoms with Crippen molar-refractivity contribution in [1.82, 2.24) is 5.16 Å². The van der Waals surface area contributed by atoms with Crippen molar-refractivity contribution < 1.29 is 9.26 Å². The van der Waals surface area contributed by atoms with E-state index >= 15 is 0 Å². The zero-order valence-electron chi connectivity index (χ0n) is 10.6. The summed E-state index contributed by atoms with van der Waals surface area (Å²) >= 11 is 3.50. The van der Waals surface area contributed by atoms with Gasteiger partial charge in [0, 0.05) is 22.6 Å². The highest BCUT2D eigenvalue weighted by Crippen LogP contribution is 2.28. The van der Waals surface area contributed by atoms with Gasteiger partial charge in [0.05, 0.1) is 18.5 Å². The molecule has 0 unspecified atom stereocenters. The molecule has 0 amide bonds. The normalized spacial score (nSPS) is 10.4. The first-order chi connectivity index (χ1) is 8.61. The van der Waals surface area contributed by atoms with Gasteiger partial charge < -0.3 is 14.6 Å². The average molecular weight is 311 g/mol. The van der Waals surface area contributed by atoms with Crippen LogP contribution in [0.15, 0.2) is 27.2 Å². The third-order valence-electron chi connectivity index (χ3n) is 2.81. The standard InChI is InChI=1S/C13H15BrN2O2/c1-8-11(9(2)18-16-8)7-15-13-6-10(17-3)4-5-12(13)14/h4-6,15H,7H2,1-3H3. The number of benzene rings is 1. The molecule has 0 spiro atoms. The van der Waals surface area contributed by atoms with Crippen molar-refractivity contribution in [3.63, 3.8) is 0 Å². The van der Waals surface area contributed by atoms with Crippen LogP contribution in [0.1, 0.15) is 17.0 Å². The Labute approximate surface area is 114 Å². The minimum Gasteiger partial charge on any atom is -0.497 e. The molecule has 1 aromatic heterocycles. The lowest BCUT2D eigenvalue weighted by atomic mass is 10.2. The molecular formula is C13H15BrN2O2. The van der Waals surface area contributed by atoms with E-state index in [1.165, 1.54) is 0 Å². The van der Waals surface area contributed by atoms with Gasteiger partial charge in [0.2, 0.25) is 0 Å². The first-order valence-electron chi connectivity index (χ1n) is 5.61. The van der Waals surface area contributed by atoms with Gasteiger partial charge in [-0.05, 0) is 41.9 Å². The number of nitrogens with one attached hydrogen (secondary N) is 1. The molecule has 0 saturated heterocycles. The number of hydrogen-bond donors (Lipinski definition) is 1. The maximum atomic E-state index is 5.20. The largest absolute Gasteiger partial charge is 0.497 e. The van der Waals surface area contributed by atoms with Crippen molar-refractivity contribution in [1.29, 1.82) is 0 Å². The monoisotopic (exact) mass is 310 g/mol. The summed E-state index contributed by atoms with van der Waals surface area (Å²) in [4.78, 5) is 0. The fourth-order valence-corrected chi connectivity index (χ4v) is 2.09. The van der Waals surface area contributed by atoms with Crippen LogP contribution in [-0.4, -0.2) is 12.3 Å². The molecule has 0 aliphatic rings. The van der Waals surface area contributed by atoms with Crippen LogP contribution in [0.3, 0.4) is 0 Å². The third-order valence-corrected chi connectivity index (χ3v) is 3.50. The first-order valence-corrected chi connectivity index (χ1v) is 6.40. The second-order valence-corrected chi connectivity index (χ2v) is 4.86. The van der Waals surface area contributed by atoms with Crippen molar-refractivity contribution in [3.05, 3.63) is 39.7 Å². The van der Waals surface area contributed by atoms with E-state index in [-0.39, 0.29) is 0 Å². The number of methoxy groups -OCH3 is 1. The van der Waals surface area contributed by atoms with Crippen LogP contribution < -0.4 is 10.1 Å². The second-order valence-electron chi connectivity index (χ2n) is 4.00. The van der Waals surface area contributed by atoms with Crippen LogP contribution in [-0.2, 0) is 6.54 Å². The Balaban J connectivity index is 2.15. The summed E-state index contributed by atoms with van der Waals surface area (Å²) in [5.41, 5.74) is 2.98. The molecule has 0 aliphatic carbocycles. The molecule has 0 saturated carbocycles. The van der Waals surface area contributed by atoms with E-state index in [0.717, 1.165) is 32.9 Å². The number of aromatic nitrogens is 1. The van der Waals surface area contributed by atoms with Crippen molar-refractivity contribution in [2.24, 2.45) is 0 Å². The van der Waals surface area contributed by atoms with Gasteiger partial charge in [-0.25, -0.2) is 0 Å². The average Bonchev–Trinajstić information content (AvgIpc) is 2.68. The molecule has 0 radical (unpaired) electrons.